The van der Waals surface area contributed by atoms with E-state index in [1.807, 2.05) is 12.1 Å². The lowest BCUT2D eigenvalue weighted by Crippen LogP contribution is -1.94. The Bertz CT molecular complexity index is 2410. The minimum atomic E-state index is 0.659. The first-order valence-corrected chi connectivity index (χ1v) is 16.5. The largest absolute Gasteiger partial charge is 0.354 e. The predicted octanol–water partition coefficient (Wildman–Crippen LogP) is 10.9. The summed E-state index contributed by atoms with van der Waals surface area (Å²) in [5.74, 6) is 0.659. The molecule has 6 aromatic rings. The van der Waals surface area contributed by atoms with E-state index in [0.29, 0.717) is 5.82 Å². The van der Waals surface area contributed by atoms with E-state index in [2.05, 4.69) is 143 Å². The topological polar surface area (TPSA) is 70.2 Å². The highest BCUT2D eigenvalue weighted by molar-refractivity contribution is 5.98. The number of hydrogen-bond donors (Lipinski definition) is 2. The summed E-state index contributed by atoms with van der Waals surface area (Å²) in [6, 6.07) is 28.0. The van der Waals surface area contributed by atoms with Gasteiger partial charge in [-0.2, -0.15) is 0 Å². The maximum absolute atomic E-state index is 5.39. The third-order valence-corrected chi connectivity index (χ3v) is 9.35. The zero-order valence-corrected chi connectivity index (χ0v) is 28.2. The minimum absolute atomic E-state index is 0.659. The molecule has 0 fully saturated rings. The quantitative estimate of drug-likeness (QED) is 0.206. The van der Waals surface area contributed by atoms with Crippen LogP contribution in [-0.4, -0.2) is 24.9 Å². The van der Waals surface area contributed by atoms with Crippen LogP contribution in [0.15, 0.2) is 78.9 Å². The van der Waals surface area contributed by atoms with Crippen molar-refractivity contribution in [3.05, 3.63) is 135 Å². The van der Waals surface area contributed by atoms with Crippen LogP contribution in [0.1, 0.15) is 56.3 Å². The molecule has 0 saturated carbocycles. The van der Waals surface area contributed by atoms with Crippen molar-refractivity contribution < 1.29 is 0 Å². The molecule has 2 aliphatic heterocycles. The highest BCUT2D eigenvalue weighted by Gasteiger charge is 2.20. The molecule has 0 aliphatic carbocycles. The molecule has 3 aromatic carbocycles. The predicted molar refractivity (Wildman–Crippen MR) is 201 cm³/mol. The number of nitrogens with one attached hydrogen (secondary N) is 2. The van der Waals surface area contributed by atoms with Gasteiger partial charge < -0.3 is 9.97 Å². The van der Waals surface area contributed by atoms with Crippen LogP contribution in [0.25, 0.3) is 79.9 Å². The van der Waals surface area contributed by atoms with Gasteiger partial charge in [-0.1, -0.05) is 65.7 Å². The smallest absolute Gasteiger partial charge is 0.155 e. The molecule has 0 unspecified atom stereocenters. The monoisotopic (exact) mass is 623 g/mol. The Morgan fingerprint density at radius 1 is 0.417 bits per heavy atom. The molecular formula is C43H37N5. The molecule has 2 N–H and O–H groups in total. The Morgan fingerprint density at radius 3 is 1.50 bits per heavy atom. The fraction of sp³-hybridized carbons (Fsp3) is 0.140. The highest BCUT2D eigenvalue weighted by atomic mass is 14.9. The Hall–Kier alpha value is -5.81. The first-order valence-electron chi connectivity index (χ1n) is 16.5. The van der Waals surface area contributed by atoms with Gasteiger partial charge in [0, 0.05) is 33.2 Å². The van der Waals surface area contributed by atoms with Crippen molar-refractivity contribution in [2.75, 3.05) is 0 Å². The van der Waals surface area contributed by atoms with Gasteiger partial charge in [-0.05, 0) is 129 Å². The van der Waals surface area contributed by atoms with Crippen LogP contribution in [0.2, 0.25) is 0 Å². The van der Waals surface area contributed by atoms with Crippen LogP contribution < -0.4 is 0 Å². The molecule has 0 radical (unpaired) electrons. The lowest BCUT2D eigenvalue weighted by atomic mass is 9.92. The van der Waals surface area contributed by atoms with Crippen LogP contribution in [0.3, 0.4) is 0 Å². The third kappa shape index (κ3) is 5.08. The molecule has 5 heteroatoms. The number of benzene rings is 3. The number of nitrogens with zero attached hydrogens (tertiary/aromatic N) is 3. The standard InChI is InChI=1S/C43H37N5/c1-24-20-26(3)39(27(4)21-24)42-33-14-12-31(44-33)41(30-10-8-7-9-11-30)32-13-15-34(45-32)43(40-28(5)22-25(2)23-29(40)6)36-17-19-38(47-36)48-37-18-16-35(42)46-37/h7-23,44H,1-6H3,(H,46,47,48). The normalized spacial score (nSPS) is 12.2. The van der Waals surface area contributed by atoms with Gasteiger partial charge in [0.1, 0.15) is 5.65 Å². The molecule has 8 bridgehead atoms. The van der Waals surface area contributed by atoms with Crippen LogP contribution in [0.4, 0.5) is 0 Å². The average Bonchev–Trinajstić information content (AvgIpc) is 3.87. The Morgan fingerprint density at radius 2 is 0.896 bits per heavy atom. The van der Waals surface area contributed by atoms with Gasteiger partial charge in [0.05, 0.1) is 17.1 Å². The molecule has 234 valence electrons. The van der Waals surface area contributed by atoms with Crippen molar-refractivity contribution in [3.8, 4) is 33.4 Å². The van der Waals surface area contributed by atoms with Crippen LogP contribution in [0.5, 0.6) is 0 Å². The molecule has 0 spiro atoms. The summed E-state index contributed by atoms with van der Waals surface area (Å²) >= 11 is 0. The van der Waals surface area contributed by atoms with Crippen molar-refractivity contribution in [3.63, 3.8) is 0 Å². The molecule has 48 heavy (non-hydrogen) atoms. The fourth-order valence-electron chi connectivity index (χ4n) is 7.59. The van der Waals surface area contributed by atoms with Crippen LogP contribution in [0, 0.1) is 41.5 Å². The van der Waals surface area contributed by atoms with Gasteiger partial charge in [-0.25, -0.2) is 15.0 Å². The number of fused-ring (bicyclic) bond motifs is 8. The van der Waals surface area contributed by atoms with Crippen molar-refractivity contribution in [1.82, 2.24) is 24.9 Å². The summed E-state index contributed by atoms with van der Waals surface area (Å²) in [4.78, 5) is 22.9. The number of aryl methyl sites for hydroxylation is 6. The molecule has 0 saturated heterocycles. The summed E-state index contributed by atoms with van der Waals surface area (Å²) < 4.78 is 0. The molecule has 0 atom stereocenters. The van der Waals surface area contributed by atoms with Crippen molar-refractivity contribution in [2.45, 2.75) is 41.5 Å². The van der Waals surface area contributed by atoms with Crippen molar-refractivity contribution in [1.29, 1.82) is 0 Å². The molecular weight excluding hydrogens is 587 g/mol. The van der Waals surface area contributed by atoms with Gasteiger partial charge in [0.25, 0.3) is 0 Å². The zero-order chi connectivity index (χ0) is 33.1. The maximum Gasteiger partial charge on any atom is 0.155 e. The van der Waals surface area contributed by atoms with Gasteiger partial charge in [-0.3, -0.25) is 0 Å². The SMILES string of the molecule is Cc1cc(C)c(-c2c3nc(c(-c4ccccc4)c4ccc([nH]4)c(-c4c(C)cc(C)cc4C)c4nc(nc5ccc2[nH]5)C=C4)C=C3)c(C)c1. The van der Waals surface area contributed by atoms with Gasteiger partial charge in [0.15, 0.2) is 5.82 Å². The van der Waals surface area contributed by atoms with Gasteiger partial charge >= 0.3 is 0 Å². The molecule has 3 aromatic heterocycles. The summed E-state index contributed by atoms with van der Waals surface area (Å²) in [7, 11) is 0. The molecule has 2 aliphatic rings. The summed E-state index contributed by atoms with van der Waals surface area (Å²) in [5, 5.41) is 0. The molecule has 5 nitrogen and oxygen atoms in total. The Balaban J connectivity index is 1.56. The first-order chi connectivity index (χ1) is 23.2. The summed E-state index contributed by atoms with van der Waals surface area (Å²) in [6.07, 6.45) is 8.38. The van der Waals surface area contributed by atoms with E-state index in [1.165, 1.54) is 44.5 Å². The van der Waals surface area contributed by atoms with E-state index in [9.17, 15) is 0 Å². The van der Waals surface area contributed by atoms with E-state index < -0.39 is 0 Å². The Labute approximate surface area is 280 Å². The van der Waals surface area contributed by atoms with E-state index in [-0.39, 0.29) is 0 Å². The lowest BCUT2D eigenvalue weighted by molar-refractivity contribution is 1.18. The average molecular weight is 624 g/mol. The molecule has 8 rings (SSSR count). The minimum Gasteiger partial charge on any atom is -0.354 e. The maximum atomic E-state index is 5.39. The summed E-state index contributed by atoms with van der Waals surface area (Å²) in [5.41, 5.74) is 20.4. The Kier molecular flexibility index (Phi) is 7.06. The second-order valence-corrected chi connectivity index (χ2v) is 13.1. The summed E-state index contributed by atoms with van der Waals surface area (Å²) in [6.45, 7) is 13.0. The lowest BCUT2D eigenvalue weighted by Gasteiger charge is -2.13. The van der Waals surface area contributed by atoms with E-state index in [1.54, 1.807) is 0 Å². The van der Waals surface area contributed by atoms with Crippen molar-refractivity contribution >= 4 is 46.5 Å². The first kappa shape index (κ1) is 29.6. The number of hydrogen-bond acceptors (Lipinski definition) is 3. The number of H-pyrrole nitrogens is 2. The second kappa shape index (κ2) is 11.5. The van der Waals surface area contributed by atoms with Crippen LogP contribution >= 0.6 is 0 Å². The molecule has 5 heterocycles. The van der Waals surface area contributed by atoms with Crippen LogP contribution in [-0.2, 0) is 0 Å². The van der Waals surface area contributed by atoms with Crippen molar-refractivity contribution in [2.24, 2.45) is 0 Å². The number of aromatic amines is 2. The van der Waals surface area contributed by atoms with E-state index in [0.717, 1.165) is 61.5 Å². The zero-order valence-electron chi connectivity index (χ0n) is 28.2. The molecule has 0 amide bonds. The van der Waals surface area contributed by atoms with Gasteiger partial charge in [0.2, 0.25) is 0 Å². The highest BCUT2D eigenvalue weighted by Crippen LogP contribution is 2.39. The number of aromatic nitrogens is 5. The fourth-order valence-corrected chi connectivity index (χ4v) is 7.59. The third-order valence-electron chi connectivity index (χ3n) is 9.35. The number of rotatable bonds is 3. The second-order valence-electron chi connectivity index (χ2n) is 13.1. The van der Waals surface area contributed by atoms with E-state index >= 15 is 0 Å². The van der Waals surface area contributed by atoms with E-state index in [4.69, 9.17) is 15.0 Å². The van der Waals surface area contributed by atoms with Gasteiger partial charge in [-0.15, -0.1) is 0 Å².